The minimum absolute atomic E-state index is 0.139. The molecular formula is C10H5Br2Cl2N3. The Bertz CT molecular complexity index is 543. The molecule has 88 valence electrons. The van der Waals surface area contributed by atoms with Crippen molar-refractivity contribution in [2.45, 2.75) is 0 Å². The molecular weight excluding hydrogens is 393 g/mol. The second-order valence-corrected chi connectivity index (χ2v) is 5.51. The molecule has 0 spiro atoms. The molecule has 17 heavy (non-hydrogen) atoms. The van der Waals surface area contributed by atoms with Gasteiger partial charge in [-0.15, -0.1) is 0 Å². The predicted octanol–water partition coefficient (Wildman–Crippen LogP) is 5.05. The molecule has 0 radical (unpaired) electrons. The summed E-state index contributed by atoms with van der Waals surface area (Å²) < 4.78 is 1.77. The van der Waals surface area contributed by atoms with E-state index in [1.165, 1.54) is 6.20 Å². The summed E-state index contributed by atoms with van der Waals surface area (Å²) in [6.45, 7) is 0. The van der Waals surface area contributed by atoms with Crippen LogP contribution in [-0.4, -0.2) is 9.97 Å². The predicted molar refractivity (Wildman–Crippen MR) is 77.2 cm³/mol. The first-order valence-electron chi connectivity index (χ1n) is 4.47. The van der Waals surface area contributed by atoms with Crippen LogP contribution in [0.15, 0.2) is 33.3 Å². The second kappa shape index (κ2) is 5.52. The van der Waals surface area contributed by atoms with Gasteiger partial charge in [0.15, 0.2) is 5.82 Å². The van der Waals surface area contributed by atoms with Gasteiger partial charge >= 0.3 is 0 Å². The minimum atomic E-state index is 0.139. The van der Waals surface area contributed by atoms with E-state index < -0.39 is 0 Å². The van der Waals surface area contributed by atoms with Crippen LogP contribution in [0.3, 0.4) is 0 Å². The summed E-state index contributed by atoms with van der Waals surface area (Å²) in [5, 5.41) is 3.63. The van der Waals surface area contributed by atoms with Crippen molar-refractivity contribution in [2.75, 3.05) is 5.32 Å². The van der Waals surface area contributed by atoms with E-state index in [0.29, 0.717) is 10.8 Å². The first-order chi connectivity index (χ1) is 8.08. The standard InChI is InChI=1S/C10H5Br2Cl2N3/c11-5-2-1-3-6(12)8(5)16-9-7(13)4-15-10(14)17-9/h1-4H,(H,15,16,17). The van der Waals surface area contributed by atoms with Crippen LogP contribution < -0.4 is 5.32 Å². The fraction of sp³-hybridized carbons (Fsp3) is 0. The highest BCUT2D eigenvalue weighted by Crippen LogP contribution is 2.34. The lowest BCUT2D eigenvalue weighted by molar-refractivity contribution is 1.17. The lowest BCUT2D eigenvalue weighted by Crippen LogP contribution is -1.97. The van der Waals surface area contributed by atoms with E-state index in [1.807, 2.05) is 18.2 Å². The van der Waals surface area contributed by atoms with Gasteiger partial charge in [-0.25, -0.2) is 4.98 Å². The Morgan fingerprint density at radius 3 is 2.41 bits per heavy atom. The molecule has 1 N–H and O–H groups in total. The quantitative estimate of drug-likeness (QED) is 0.720. The minimum Gasteiger partial charge on any atom is -0.337 e. The van der Waals surface area contributed by atoms with Crippen LogP contribution in [0.4, 0.5) is 11.5 Å². The highest BCUT2D eigenvalue weighted by atomic mass is 79.9. The highest BCUT2D eigenvalue weighted by molar-refractivity contribution is 9.11. The Morgan fingerprint density at radius 1 is 1.12 bits per heavy atom. The largest absolute Gasteiger partial charge is 0.337 e. The SMILES string of the molecule is Clc1ncc(Cl)c(Nc2c(Br)cccc2Br)n1. The van der Waals surface area contributed by atoms with Gasteiger partial charge in [-0.05, 0) is 55.6 Å². The van der Waals surface area contributed by atoms with Crippen molar-refractivity contribution in [2.24, 2.45) is 0 Å². The van der Waals surface area contributed by atoms with E-state index in [4.69, 9.17) is 23.2 Å². The molecule has 0 atom stereocenters. The van der Waals surface area contributed by atoms with Crippen LogP contribution in [0.2, 0.25) is 10.3 Å². The van der Waals surface area contributed by atoms with Crippen molar-refractivity contribution in [3.63, 3.8) is 0 Å². The summed E-state index contributed by atoms with van der Waals surface area (Å²) in [4.78, 5) is 7.80. The zero-order chi connectivity index (χ0) is 12.4. The molecule has 0 amide bonds. The third-order valence-electron chi connectivity index (χ3n) is 1.92. The molecule has 1 aromatic carbocycles. The lowest BCUT2D eigenvalue weighted by Gasteiger charge is -2.10. The van der Waals surface area contributed by atoms with Crippen molar-refractivity contribution in [3.05, 3.63) is 43.6 Å². The fourth-order valence-corrected chi connectivity index (χ4v) is 2.64. The maximum absolute atomic E-state index is 5.97. The van der Waals surface area contributed by atoms with Gasteiger partial charge in [-0.2, -0.15) is 4.98 Å². The molecule has 2 rings (SSSR count). The van der Waals surface area contributed by atoms with Gasteiger partial charge < -0.3 is 5.32 Å². The van der Waals surface area contributed by atoms with E-state index in [1.54, 1.807) is 0 Å². The molecule has 0 aliphatic carbocycles. The van der Waals surface area contributed by atoms with Gasteiger partial charge in [0.05, 0.1) is 11.9 Å². The second-order valence-electron chi connectivity index (χ2n) is 3.06. The van der Waals surface area contributed by atoms with Crippen LogP contribution in [-0.2, 0) is 0 Å². The van der Waals surface area contributed by atoms with Gasteiger partial charge in [-0.1, -0.05) is 17.7 Å². The molecule has 3 nitrogen and oxygen atoms in total. The monoisotopic (exact) mass is 395 g/mol. The molecule has 1 aromatic heterocycles. The molecule has 2 aromatic rings. The number of benzene rings is 1. The molecule has 0 saturated carbocycles. The third-order valence-corrected chi connectivity index (χ3v) is 3.70. The number of halogens is 4. The number of para-hydroxylation sites is 1. The summed E-state index contributed by atoms with van der Waals surface area (Å²) in [5.74, 6) is 0.458. The average Bonchev–Trinajstić information content (AvgIpc) is 2.28. The van der Waals surface area contributed by atoms with Crippen molar-refractivity contribution in [1.29, 1.82) is 0 Å². The Labute approximate surface area is 125 Å². The molecule has 1 heterocycles. The van der Waals surface area contributed by atoms with Crippen molar-refractivity contribution >= 4 is 66.6 Å². The van der Waals surface area contributed by atoms with E-state index in [2.05, 4.69) is 47.1 Å². The zero-order valence-electron chi connectivity index (χ0n) is 8.22. The number of rotatable bonds is 2. The van der Waals surface area contributed by atoms with E-state index in [-0.39, 0.29) is 5.28 Å². The van der Waals surface area contributed by atoms with Crippen LogP contribution in [0.5, 0.6) is 0 Å². The van der Waals surface area contributed by atoms with Gasteiger partial charge in [-0.3, -0.25) is 0 Å². The number of aromatic nitrogens is 2. The number of nitrogens with zero attached hydrogens (tertiary/aromatic N) is 2. The van der Waals surface area contributed by atoms with Crippen LogP contribution in [0.1, 0.15) is 0 Å². The topological polar surface area (TPSA) is 37.8 Å². The summed E-state index contributed by atoms with van der Waals surface area (Å²) >= 11 is 18.6. The maximum Gasteiger partial charge on any atom is 0.224 e. The van der Waals surface area contributed by atoms with E-state index in [0.717, 1.165) is 14.6 Å². The molecule has 0 bridgehead atoms. The first-order valence-corrected chi connectivity index (χ1v) is 6.81. The summed E-state index contributed by atoms with van der Waals surface area (Å²) in [5.41, 5.74) is 0.823. The Balaban J connectivity index is 2.41. The molecule has 0 unspecified atom stereocenters. The smallest absolute Gasteiger partial charge is 0.224 e. The molecule has 0 saturated heterocycles. The number of anilines is 2. The lowest BCUT2D eigenvalue weighted by atomic mass is 10.3. The summed E-state index contributed by atoms with van der Waals surface area (Å²) in [6.07, 6.45) is 1.45. The summed E-state index contributed by atoms with van der Waals surface area (Å²) in [6, 6.07) is 5.72. The molecule has 0 aliphatic heterocycles. The zero-order valence-corrected chi connectivity index (χ0v) is 12.9. The van der Waals surface area contributed by atoms with Gasteiger partial charge in [0.1, 0.15) is 5.02 Å². The Morgan fingerprint density at radius 2 is 1.76 bits per heavy atom. The van der Waals surface area contributed by atoms with Crippen LogP contribution in [0.25, 0.3) is 0 Å². The third kappa shape index (κ3) is 3.10. The Kier molecular flexibility index (Phi) is 4.25. The Hall–Kier alpha value is -0.360. The number of hydrogen-bond acceptors (Lipinski definition) is 3. The molecule has 0 aliphatic rings. The average molecular weight is 398 g/mol. The van der Waals surface area contributed by atoms with Gasteiger partial charge in [0, 0.05) is 8.95 Å². The molecule has 7 heteroatoms. The summed E-state index contributed by atoms with van der Waals surface area (Å²) in [7, 11) is 0. The fourth-order valence-electron chi connectivity index (χ4n) is 1.17. The van der Waals surface area contributed by atoms with Crippen LogP contribution >= 0.6 is 55.1 Å². The van der Waals surface area contributed by atoms with Crippen molar-refractivity contribution in [1.82, 2.24) is 9.97 Å². The highest BCUT2D eigenvalue weighted by Gasteiger charge is 2.09. The van der Waals surface area contributed by atoms with E-state index in [9.17, 15) is 0 Å². The maximum atomic E-state index is 5.97. The normalized spacial score (nSPS) is 10.4. The van der Waals surface area contributed by atoms with Gasteiger partial charge in [0.2, 0.25) is 5.28 Å². The number of nitrogens with one attached hydrogen (secondary N) is 1. The molecule has 0 fully saturated rings. The van der Waals surface area contributed by atoms with Gasteiger partial charge in [0.25, 0.3) is 0 Å². The number of hydrogen-bond donors (Lipinski definition) is 1. The van der Waals surface area contributed by atoms with Crippen molar-refractivity contribution in [3.8, 4) is 0 Å². The van der Waals surface area contributed by atoms with E-state index >= 15 is 0 Å². The first kappa shape index (κ1) is 13.1. The van der Waals surface area contributed by atoms with Crippen LogP contribution in [0, 0.1) is 0 Å². The van der Waals surface area contributed by atoms with Crippen molar-refractivity contribution < 1.29 is 0 Å².